The van der Waals surface area contributed by atoms with Crippen molar-refractivity contribution in [3.8, 4) is 0 Å². The molecular formula is C10H17NO2. The van der Waals surface area contributed by atoms with Gasteiger partial charge in [0.15, 0.2) is 0 Å². The van der Waals surface area contributed by atoms with Crippen molar-refractivity contribution in [2.24, 2.45) is 0 Å². The SMILES string of the molecule is COCCCCNCc1ccoc1. The molecule has 1 N–H and O–H groups in total. The van der Waals surface area contributed by atoms with Gasteiger partial charge in [0, 0.05) is 25.8 Å². The third kappa shape index (κ3) is 4.70. The molecule has 1 aromatic heterocycles. The third-order valence-electron chi connectivity index (χ3n) is 1.86. The fraction of sp³-hybridized carbons (Fsp3) is 0.600. The topological polar surface area (TPSA) is 34.4 Å². The van der Waals surface area contributed by atoms with E-state index in [4.69, 9.17) is 9.15 Å². The molecule has 1 aromatic rings. The van der Waals surface area contributed by atoms with Gasteiger partial charge in [-0.3, -0.25) is 0 Å². The van der Waals surface area contributed by atoms with E-state index in [1.807, 2.05) is 6.07 Å². The van der Waals surface area contributed by atoms with Crippen LogP contribution in [-0.2, 0) is 11.3 Å². The van der Waals surface area contributed by atoms with E-state index in [1.165, 1.54) is 5.56 Å². The summed E-state index contributed by atoms with van der Waals surface area (Å²) < 4.78 is 9.90. The van der Waals surface area contributed by atoms with Crippen LogP contribution in [0.3, 0.4) is 0 Å². The van der Waals surface area contributed by atoms with Crippen molar-refractivity contribution >= 4 is 0 Å². The normalized spacial score (nSPS) is 10.5. The van der Waals surface area contributed by atoms with Crippen LogP contribution in [0.15, 0.2) is 23.0 Å². The molecule has 0 unspecified atom stereocenters. The number of unbranched alkanes of at least 4 members (excludes halogenated alkanes) is 1. The first-order valence-electron chi connectivity index (χ1n) is 4.64. The van der Waals surface area contributed by atoms with Gasteiger partial charge in [0.2, 0.25) is 0 Å². The highest BCUT2D eigenvalue weighted by molar-refractivity contribution is 5.04. The predicted octanol–water partition coefficient (Wildman–Crippen LogP) is 1.80. The number of furan rings is 1. The van der Waals surface area contributed by atoms with Crippen LogP contribution < -0.4 is 5.32 Å². The maximum absolute atomic E-state index is 4.95. The zero-order valence-corrected chi connectivity index (χ0v) is 8.08. The van der Waals surface area contributed by atoms with E-state index < -0.39 is 0 Å². The van der Waals surface area contributed by atoms with Crippen molar-refractivity contribution in [2.45, 2.75) is 19.4 Å². The van der Waals surface area contributed by atoms with Crippen LogP contribution in [0.5, 0.6) is 0 Å². The molecule has 1 rings (SSSR count). The van der Waals surface area contributed by atoms with E-state index in [0.717, 1.165) is 32.5 Å². The summed E-state index contributed by atoms with van der Waals surface area (Å²) in [5.74, 6) is 0. The van der Waals surface area contributed by atoms with E-state index in [1.54, 1.807) is 19.6 Å². The van der Waals surface area contributed by atoms with Crippen molar-refractivity contribution in [2.75, 3.05) is 20.3 Å². The number of rotatable bonds is 7. The van der Waals surface area contributed by atoms with E-state index in [9.17, 15) is 0 Å². The summed E-state index contributed by atoms with van der Waals surface area (Å²) in [7, 11) is 1.74. The van der Waals surface area contributed by atoms with Gasteiger partial charge in [-0.05, 0) is 25.5 Å². The van der Waals surface area contributed by atoms with Gasteiger partial charge in [-0.1, -0.05) is 0 Å². The smallest absolute Gasteiger partial charge is 0.0947 e. The minimum atomic E-state index is 0.855. The van der Waals surface area contributed by atoms with Crippen molar-refractivity contribution in [3.05, 3.63) is 24.2 Å². The summed E-state index contributed by atoms with van der Waals surface area (Å²) in [6.45, 7) is 2.78. The highest BCUT2D eigenvalue weighted by atomic mass is 16.5. The molecule has 0 fully saturated rings. The summed E-state index contributed by atoms with van der Waals surface area (Å²) in [6, 6.07) is 1.97. The molecule has 1 heterocycles. The summed E-state index contributed by atoms with van der Waals surface area (Å²) in [4.78, 5) is 0. The van der Waals surface area contributed by atoms with Crippen molar-refractivity contribution in [1.29, 1.82) is 0 Å². The molecule has 3 heteroatoms. The second-order valence-electron chi connectivity index (χ2n) is 3.01. The van der Waals surface area contributed by atoms with Gasteiger partial charge in [0.05, 0.1) is 12.5 Å². The lowest BCUT2D eigenvalue weighted by molar-refractivity contribution is 0.192. The first-order chi connectivity index (χ1) is 6.43. The van der Waals surface area contributed by atoms with E-state index in [2.05, 4.69) is 5.32 Å². The lowest BCUT2D eigenvalue weighted by atomic mass is 10.3. The molecule has 0 amide bonds. The van der Waals surface area contributed by atoms with Crippen LogP contribution in [0.2, 0.25) is 0 Å². The van der Waals surface area contributed by atoms with Gasteiger partial charge in [0.25, 0.3) is 0 Å². The molecule has 0 spiro atoms. The van der Waals surface area contributed by atoms with Crippen molar-refractivity contribution in [1.82, 2.24) is 5.32 Å². The average Bonchev–Trinajstić information content (AvgIpc) is 2.63. The summed E-state index contributed by atoms with van der Waals surface area (Å²) in [5.41, 5.74) is 1.20. The van der Waals surface area contributed by atoms with Crippen molar-refractivity contribution < 1.29 is 9.15 Å². The lowest BCUT2D eigenvalue weighted by Crippen LogP contribution is -2.14. The molecule has 0 aromatic carbocycles. The third-order valence-corrected chi connectivity index (χ3v) is 1.86. The molecule has 0 saturated heterocycles. The van der Waals surface area contributed by atoms with Crippen molar-refractivity contribution in [3.63, 3.8) is 0 Å². The molecule has 13 heavy (non-hydrogen) atoms. The Kier molecular flexibility index (Phi) is 5.29. The fourth-order valence-electron chi connectivity index (χ4n) is 1.12. The van der Waals surface area contributed by atoms with Gasteiger partial charge < -0.3 is 14.5 Å². The molecule has 0 aliphatic rings. The maximum Gasteiger partial charge on any atom is 0.0947 e. The van der Waals surface area contributed by atoms with Crippen LogP contribution in [0.1, 0.15) is 18.4 Å². The minimum absolute atomic E-state index is 0.855. The Morgan fingerprint density at radius 2 is 2.38 bits per heavy atom. The Morgan fingerprint density at radius 1 is 1.46 bits per heavy atom. The first-order valence-corrected chi connectivity index (χ1v) is 4.64. The van der Waals surface area contributed by atoms with Crippen LogP contribution >= 0.6 is 0 Å². The minimum Gasteiger partial charge on any atom is -0.472 e. The quantitative estimate of drug-likeness (QED) is 0.654. The highest BCUT2D eigenvalue weighted by Gasteiger charge is 1.92. The number of nitrogens with one attached hydrogen (secondary N) is 1. The molecule has 0 aliphatic carbocycles. The summed E-state index contributed by atoms with van der Waals surface area (Å²) in [5, 5.41) is 3.33. The van der Waals surface area contributed by atoms with Crippen LogP contribution in [0, 0.1) is 0 Å². The summed E-state index contributed by atoms with van der Waals surface area (Å²) >= 11 is 0. The summed E-state index contributed by atoms with van der Waals surface area (Å²) in [6.07, 6.45) is 5.74. The van der Waals surface area contributed by atoms with Crippen LogP contribution in [0.25, 0.3) is 0 Å². The molecule has 0 saturated carbocycles. The van der Waals surface area contributed by atoms with Gasteiger partial charge in [0.1, 0.15) is 0 Å². The Morgan fingerprint density at radius 3 is 3.08 bits per heavy atom. The standard InChI is InChI=1S/C10H17NO2/c1-12-6-3-2-5-11-8-10-4-7-13-9-10/h4,7,9,11H,2-3,5-6,8H2,1H3. The Bertz CT molecular complexity index is 197. The number of methoxy groups -OCH3 is 1. The highest BCUT2D eigenvalue weighted by Crippen LogP contribution is 1.98. The number of ether oxygens (including phenoxy) is 1. The molecule has 0 radical (unpaired) electrons. The largest absolute Gasteiger partial charge is 0.472 e. The zero-order valence-electron chi connectivity index (χ0n) is 8.08. The van der Waals surface area contributed by atoms with Gasteiger partial charge in [-0.2, -0.15) is 0 Å². The molecule has 74 valence electrons. The number of hydrogen-bond donors (Lipinski definition) is 1. The molecular weight excluding hydrogens is 166 g/mol. The maximum atomic E-state index is 4.95. The van der Waals surface area contributed by atoms with E-state index in [0.29, 0.717) is 0 Å². The molecule has 3 nitrogen and oxygen atoms in total. The second-order valence-corrected chi connectivity index (χ2v) is 3.01. The molecule has 0 bridgehead atoms. The van der Waals surface area contributed by atoms with Gasteiger partial charge >= 0.3 is 0 Å². The predicted molar refractivity (Wildman–Crippen MR) is 51.5 cm³/mol. The fourth-order valence-corrected chi connectivity index (χ4v) is 1.12. The van der Waals surface area contributed by atoms with Gasteiger partial charge in [-0.15, -0.1) is 0 Å². The monoisotopic (exact) mass is 183 g/mol. The molecule has 0 aliphatic heterocycles. The van der Waals surface area contributed by atoms with Crippen LogP contribution in [-0.4, -0.2) is 20.3 Å². The average molecular weight is 183 g/mol. The van der Waals surface area contributed by atoms with E-state index >= 15 is 0 Å². The van der Waals surface area contributed by atoms with E-state index in [-0.39, 0.29) is 0 Å². The first kappa shape index (κ1) is 10.3. The Balaban J connectivity index is 1.90. The molecule has 0 atom stereocenters. The van der Waals surface area contributed by atoms with Crippen LogP contribution in [0.4, 0.5) is 0 Å². The Labute approximate surface area is 79.1 Å². The Hall–Kier alpha value is -0.800. The second kappa shape index (κ2) is 6.69. The lowest BCUT2D eigenvalue weighted by Gasteiger charge is -2.01. The number of hydrogen-bond acceptors (Lipinski definition) is 3. The zero-order chi connectivity index (χ0) is 9.36. The van der Waals surface area contributed by atoms with Gasteiger partial charge in [-0.25, -0.2) is 0 Å².